The molecule has 1 aliphatic rings. The van der Waals surface area contributed by atoms with Crippen LogP contribution in [0.5, 0.6) is 0 Å². The third-order valence-corrected chi connectivity index (χ3v) is 10.7. The Hall–Kier alpha value is -5.18. The quantitative estimate of drug-likeness (QED) is 0.192. The zero-order valence-corrected chi connectivity index (χ0v) is 27.0. The van der Waals surface area contributed by atoms with Crippen molar-refractivity contribution in [2.75, 3.05) is 4.90 Å². The molecule has 0 aliphatic heterocycles. The first-order chi connectivity index (χ1) is 22.5. The molecule has 0 saturated carbocycles. The van der Waals surface area contributed by atoms with E-state index in [1.807, 2.05) is 11.3 Å². The maximum atomic E-state index is 4.47. The summed E-state index contributed by atoms with van der Waals surface area (Å²) in [5.41, 5.74) is 9.39. The molecule has 0 N–H and O–H groups in total. The summed E-state index contributed by atoms with van der Waals surface area (Å²) in [6.07, 6.45) is 9.52. The van der Waals surface area contributed by atoms with Crippen molar-refractivity contribution in [3.8, 4) is 11.1 Å². The summed E-state index contributed by atoms with van der Waals surface area (Å²) >= 11 is 1.86. The second-order valence-electron chi connectivity index (χ2n) is 12.7. The molecule has 0 amide bonds. The number of hydrogen-bond donors (Lipinski definition) is 0. The predicted molar refractivity (Wildman–Crippen MR) is 201 cm³/mol. The molecule has 1 aliphatic carbocycles. The Bertz CT molecular complexity index is 2330. The van der Waals surface area contributed by atoms with Gasteiger partial charge in [0.25, 0.3) is 0 Å². The molecule has 0 unspecified atom stereocenters. The van der Waals surface area contributed by atoms with Gasteiger partial charge in [-0.3, -0.25) is 0 Å². The van der Waals surface area contributed by atoms with Crippen LogP contribution in [-0.2, 0) is 11.8 Å². The number of benzene rings is 6. The van der Waals surface area contributed by atoms with Crippen molar-refractivity contribution in [3.63, 3.8) is 0 Å². The Morgan fingerprint density at radius 2 is 1.30 bits per heavy atom. The largest absolute Gasteiger partial charge is 0.310 e. The fourth-order valence-corrected chi connectivity index (χ4v) is 7.85. The molecule has 1 heterocycles. The molecule has 2 heteroatoms. The molecule has 0 spiro atoms. The molecule has 0 atom stereocenters. The van der Waals surface area contributed by atoms with E-state index >= 15 is 0 Å². The van der Waals surface area contributed by atoms with Crippen LogP contribution in [0.25, 0.3) is 42.1 Å². The summed E-state index contributed by atoms with van der Waals surface area (Å²) in [4.78, 5) is 2.39. The van der Waals surface area contributed by atoms with Gasteiger partial charge in [-0.25, -0.2) is 0 Å². The van der Waals surface area contributed by atoms with Gasteiger partial charge in [0.15, 0.2) is 0 Å². The van der Waals surface area contributed by atoms with Gasteiger partial charge in [-0.05, 0) is 99.6 Å². The minimum absolute atomic E-state index is 0.211. The fourth-order valence-electron chi connectivity index (χ4n) is 6.76. The van der Waals surface area contributed by atoms with Crippen molar-refractivity contribution in [1.82, 2.24) is 0 Å². The Balaban J connectivity index is 1.25. The molecule has 46 heavy (non-hydrogen) atoms. The van der Waals surface area contributed by atoms with E-state index in [0.717, 1.165) is 29.1 Å². The molecule has 222 valence electrons. The lowest BCUT2D eigenvalue weighted by molar-refractivity contribution is 0.635. The van der Waals surface area contributed by atoms with Crippen molar-refractivity contribution >= 4 is 59.3 Å². The molecular weight excluding hydrogens is 575 g/mol. The number of rotatable bonds is 4. The van der Waals surface area contributed by atoms with Gasteiger partial charge in [0, 0.05) is 42.6 Å². The number of allylic oxidation sites excluding steroid dienone is 5. The fraction of sp³-hybridized carbons (Fsp3) is 0.0909. The maximum absolute atomic E-state index is 4.47. The second-order valence-corrected chi connectivity index (χ2v) is 13.8. The molecule has 0 saturated heterocycles. The van der Waals surface area contributed by atoms with Crippen LogP contribution in [0.3, 0.4) is 0 Å². The van der Waals surface area contributed by atoms with Crippen LogP contribution in [0, 0.1) is 0 Å². The minimum Gasteiger partial charge on any atom is -0.310 e. The van der Waals surface area contributed by atoms with Gasteiger partial charge in [-0.15, -0.1) is 11.3 Å². The lowest BCUT2D eigenvalue weighted by atomic mass is 9.75. The summed E-state index contributed by atoms with van der Waals surface area (Å²) in [5.74, 6) is 0. The van der Waals surface area contributed by atoms with Crippen molar-refractivity contribution in [1.29, 1.82) is 0 Å². The van der Waals surface area contributed by atoms with E-state index in [2.05, 4.69) is 177 Å². The zero-order valence-electron chi connectivity index (χ0n) is 26.2. The van der Waals surface area contributed by atoms with E-state index in [1.54, 1.807) is 0 Å². The van der Waals surface area contributed by atoms with Crippen LogP contribution in [0.4, 0.5) is 17.1 Å². The van der Waals surface area contributed by atoms with E-state index in [4.69, 9.17) is 0 Å². The highest BCUT2D eigenvalue weighted by atomic mass is 32.1. The monoisotopic (exact) mass is 609 g/mol. The normalized spacial score (nSPS) is 15.7. The van der Waals surface area contributed by atoms with Crippen LogP contribution in [0.1, 0.15) is 25.0 Å². The average molecular weight is 610 g/mol. The van der Waals surface area contributed by atoms with Crippen molar-refractivity contribution in [3.05, 3.63) is 175 Å². The van der Waals surface area contributed by atoms with Gasteiger partial charge in [0.2, 0.25) is 0 Å². The predicted octanol–water partition coefficient (Wildman–Crippen LogP) is 12.8. The number of hydrogen-bond acceptors (Lipinski definition) is 2. The number of anilines is 3. The SMILES string of the molecule is C=C1/C=C\C=C/Cc2ccc(N(c3ccc(-c4ccc5sc6ccccc6c5c4)cc3)c3ccc4ccccc4c3)cc2C1(C)C. The van der Waals surface area contributed by atoms with Gasteiger partial charge in [0.1, 0.15) is 0 Å². The summed E-state index contributed by atoms with van der Waals surface area (Å²) in [6.45, 7) is 9.05. The molecular formula is C44H35NS. The lowest BCUT2D eigenvalue weighted by Crippen LogP contribution is -2.21. The van der Waals surface area contributed by atoms with Crippen LogP contribution in [-0.4, -0.2) is 0 Å². The molecule has 0 fully saturated rings. The van der Waals surface area contributed by atoms with Crippen molar-refractivity contribution in [2.45, 2.75) is 25.7 Å². The van der Waals surface area contributed by atoms with Gasteiger partial charge < -0.3 is 4.90 Å². The Morgan fingerprint density at radius 3 is 2.17 bits per heavy atom. The van der Waals surface area contributed by atoms with Gasteiger partial charge >= 0.3 is 0 Å². The number of fused-ring (bicyclic) bond motifs is 5. The highest BCUT2D eigenvalue weighted by molar-refractivity contribution is 7.25. The molecule has 6 aromatic carbocycles. The highest BCUT2D eigenvalue weighted by Crippen LogP contribution is 2.42. The van der Waals surface area contributed by atoms with E-state index in [-0.39, 0.29) is 5.41 Å². The summed E-state index contributed by atoms with van der Waals surface area (Å²) < 4.78 is 2.66. The molecule has 7 aromatic rings. The maximum Gasteiger partial charge on any atom is 0.0468 e. The summed E-state index contributed by atoms with van der Waals surface area (Å²) in [6, 6.07) is 46.9. The molecule has 1 nitrogen and oxygen atoms in total. The van der Waals surface area contributed by atoms with E-state index < -0.39 is 0 Å². The second kappa shape index (κ2) is 11.3. The third kappa shape index (κ3) is 4.96. The van der Waals surface area contributed by atoms with E-state index in [0.29, 0.717) is 0 Å². The summed E-state index contributed by atoms with van der Waals surface area (Å²) in [7, 11) is 0. The van der Waals surface area contributed by atoms with Gasteiger partial charge in [0.05, 0.1) is 0 Å². The first-order valence-corrected chi connectivity index (χ1v) is 16.7. The van der Waals surface area contributed by atoms with Crippen molar-refractivity contribution < 1.29 is 0 Å². The van der Waals surface area contributed by atoms with Gasteiger partial charge in [-0.2, -0.15) is 0 Å². The van der Waals surface area contributed by atoms with Crippen LogP contribution in [0.2, 0.25) is 0 Å². The molecule has 8 rings (SSSR count). The lowest BCUT2D eigenvalue weighted by Gasteiger charge is -2.32. The topological polar surface area (TPSA) is 3.24 Å². The highest BCUT2D eigenvalue weighted by Gasteiger charge is 2.27. The molecule has 1 aromatic heterocycles. The molecule has 0 bridgehead atoms. The third-order valence-electron chi connectivity index (χ3n) is 9.54. The smallest absolute Gasteiger partial charge is 0.0468 e. The molecule has 0 radical (unpaired) electrons. The summed E-state index contributed by atoms with van der Waals surface area (Å²) in [5, 5.41) is 5.12. The average Bonchev–Trinajstić information content (AvgIpc) is 3.48. The van der Waals surface area contributed by atoms with Crippen LogP contribution < -0.4 is 4.90 Å². The number of nitrogens with zero attached hydrogens (tertiary/aromatic N) is 1. The van der Waals surface area contributed by atoms with Crippen LogP contribution in [0.15, 0.2) is 164 Å². The zero-order chi connectivity index (χ0) is 31.3. The number of thiophene rings is 1. The standard InChI is InChI=1S/C44H35NS/c1-30-11-5-4-6-13-33-20-25-38(29-41(33)44(30,2)3)45(37-24-19-31-12-7-8-14-34(31)27-37)36-22-17-32(18-23-36)35-21-26-43-40(28-35)39-15-9-10-16-42(39)46-43/h4-12,14-29H,1,13H2,2-3H3/b6-4-,11-5-. The first-order valence-electron chi connectivity index (χ1n) is 15.9. The first kappa shape index (κ1) is 28.3. The van der Waals surface area contributed by atoms with Crippen LogP contribution >= 0.6 is 11.3 Å². The van der Waals surface area contributed by atoms with Gasteiger partial charge in [-0.1, -0.05) is 118 Å². The Morgan fingerprint density at radius 1 is 0.609 bits per heavy atom. The van der Waals surface area contributed by atoms with E-state index in [9.17, 15) is 0 Å². The minimum atomic E-state index is -0.211. The Kier molecular flexibility index (Phi) is 6.96. The van der Waals surface area contributed by atoms with Crippen molar-refractivity contribution in [2.24, 2.45) is 0 Å². The Labute approximate surface area is 275 Å². The van der Waals surface area contributed by atoms with E-state index in [1.165, 1.54) is 53.2 Å².